The van der Waals surface area contributed by atoms with Crippen molar-refractivity contribution in [2.75, 3.05) is 6.54 Å². The molecule has 1 spiro atoms. The van der Waals surface area contributed by atoms with Gasteiger partial charge in [-0.25, -0.2) is 4.39 Å². The van der Waals surface area contributed by atoms with Crippen LogP contribution in [0.4, 0.5) is 13.2 Å². The number of rotatable bonds is 2. The van der Waals surface area contributed by atoms with E-state index in [2.05, 4.69) is 9.73 Å². The molecule has 7 heteroatoms. The summed E-state index contributed by atoms with van der Waals surface area (Å²) in [6.07, 6.45) is 0.974. The van der Waals surface area contributed by atoms with Crippen LogP contribution in [0.5, 0.6) is 0 Å². The monoisotopic (exact) mass is 347 g/mol. The minimum Gasteiger partial charge on any atom is -0.431 e. The predicted molar refractivity (Wildman–Crippen MR) is 84.0 cm³/mol. The zero-order valence-corrected chi connectivity index (χ0v) is 13.0. The fourth-order valence-electron chi connectivity index (χ4n) is 3.49. The molecule has 25 heavy (non-hydrogen) atoms. The molecule has 0 aromatic heterocycles. The molecule has 128 valence electrons. The first-order valence-corrected chi connectivity index (χ1v) is 7.70. The normalized spacial score (nSPS) is 27.5. The third-order valence-electron chi connectivity index (χ3n) is 4.47. The van der Waals surface area contributed by atoms with Crippen molar-refractivity contribution in [2.45, 2.75) is 31.4 Å². The lowest BCUT2D eigenvalue weighted by Gasteiger charge is -2.33. The van der Waals surface area contributed by atoms with Crippen molar-refractivity contribution in [3.8, 4) is 6.07 Å². The molecular weight excluding hydrogens is 331 g/mol. The Morgan fingerprint density at radius 3 is 3.04 bits per heavy atom. The number of halogens is 3. The van der Waals surface area contributed by atoms with Gasteiger partial charge in [0.1, 0.15) is 17.4 Å². The van der Waals surface area contributed by atoms with Crippen LogP contribution in [0, 0.1) is 17.1 Å². The van der Waals surface area contributed by atoms with Crippen LogP contribution >= 0.6 is 0 Å². The van der Waals surface area contributed by atoms with Crippen molar-refractivity contribution in [1.82, 2.24) is 4.90 Å². The molecule has 1 atom stereocenters. The second kappa shape index (κ2) is 5.66. The van der Waals surface area contributed by atoms with Gasteiger partial charge in [-0.05, 0) is 36.4 Å². The highest BCUT2D eigenvalue weighted by molar-refractivity contribution is 6.01. The van der Waals surface area contributed by atoms with Crippen molar-refractivity contribution < 1.29 is 20.6 Å². The van der Waals surface area contributed by atoms with E-state index in [9.17, 15) is 13.2 Å². The lowest BCUT2D eigenvalue weighted by molar-refractivity contribution is -0.0906. The molecule has 2 heterocycles. The Labute approximate surface area is 145 Å². The molecule has 1 aromatic carbocycles. The van der Waals surface area contributed by atoms with Crippen molar-refractivity contribution in [1.29, 1.82) is 5.26 Å². The Balaban J connectivity index is 1.90. The van der Waals surface area contributed by atoms with Crippen LogP contribution in [-0.2, 0) is 16.7 Å². The number of alkyl halides is 2. The van der Waals surface area contributed by atoms with Gasteiger partial charge in [0.25, 0.3) is 0 Å². The average molecular weight is 347 g/mol. The van der Waals surface area contributed by atoms with Crippen LogP contribution in [0.1, 0.15) is 26.7 Å². The number of ether oxygens (including phenoxy) is 1. The molecule has 0 fully saturated rings. The predicted octanol–water partition coefficient (Wildman–Crippen LogP) is 3.62. The van der Waals surface area contributed by atoms with Gasteiger partial charge in [0.2, 0.25) is 0 Å². The van der Waals surface area contributed by atoms with Gasteiger partial charge in [0.15, 0.2) is 11.6 Å². The first-order valence-electron chi connectivity index (χ1n) is 8.70. The summed E-state index contributed by atoms with van der Waals surface area (Å²) in [5.41, 5.74) is -0.632. The number of nitriles is 1. The van der Waals surface area contributed by atoms with E-state index in [-0.39, 0.29) is 36.6 Å². The summed E-state index contributed by atoms with van der Waals surface area (Å²) in [7, 11) is 0. The molecule has 0 amide bonds. The molecule has 1 aliphatic carbocycles. The smallest absolute Gasteiger partial charge is 0.387 e. The average Bonchev–Trinajstić information content (AvgIpc) is 3.00. The van der Waals surface area contributed by atoms with Crippen LogP contribution in [0.2, 0.25) is 0 Å². The van der Waals surface area contributed by atoms with Gasteiger partial charge < -0.3 is 9.64 Å². The van der Waals surface area contributed by atoms with Gasteiger partial charge in [-0.3, -0.25) is 4.99 Å². The van der Waals surface area contributed by atoms with Gasteiger partial charge in [-0.1, -0.05) is 12.1 Å². The fraction of sp³-hybridized carbons (Fsp3) is 0.333. The number of benzene rings is 1. The molecule has 0 N–H and O–H groups in total. The largest absolute Gasteiger partial charge is 0.431 e. The maximum absolute atomic E-state index is 14.3. The third kappa shape index (κ3) is 2.49. The van der Waals surface area contributed by atoms with E-state index in [0.29, 0.717) is 11.1 Å². The first kappa shape index (κ1) is 13.5. The van der Waals surface area contributed by atoms with E-state index in [1.807, 2.05) is 6.07 Å². The Bertz CT molecular complexity index is 952. The molecular formula is C18H14F3N3O. The first-order chi connectivity index (χ1) is 12.8. The molecule has 3 aliphatic rings. The van der Waals surface area contributed by atoms with E-state index < -0.39 is 24.3 Å². The quantitative estimate of drug-likeness (QED) is 0.821. The van der Waals surface area contributed by atoms with E-state index >= 15 is 0 Å². The maximum Gasteiger partial charge on any atom is 0.387 e. The van der Waals surface area contributed by atoms with Crippen LogP contribution in [0.3, 0.4) is 0 Å². The number of allylic oxidation sites excluding steroid dienone is 2. The van der Waals surface area contributed by atoms with E-state index in [0.717, 1.165) is 6.08 Å². The molecule has 1 aromatic rings. The Morgan fingerprint density at radius 2 is 2.28 bits per heavy atom. The Morgan fingerprint density at radius 1 is 1.44 bits per heavy atom. The molecule has 4 rings (SSSR count). The highest BCUT2D eigenvalue weighted by Crippen LogP contribution is 2.45. The number of fused-ring (bicyclic) bond motifs is 3. The van der Waals surface area contributed by atoms with Crippen LogP contribution in [-0.4, -0.2) is 23.9 Å². The second-order valence-electron chi connectivity index (χ2n) is 5.95. The van der Waals surface area contributed by atoms with Gasteiger partial charge >= 0.3 is 6.61 Å². The molecule has 4 nitrogen and oxygen atoms in total. The maximum atomic E-state index is 14.3. The number of nitrogens with zero attached hydrogens (tertiary/aromatic N) is 3. The summed E-state index contributed by atoms with van der Waals surface area (Å²) in [5.74, 6) is -0.740. The zero-order valence-electron chi connectivity index (χ0n) is 15.0. The van der Waals surface area contributed by atoms with Gasteiger partial charge in [-0.15, -0.1) is 0 Å². The number of amidine groups is 1. The Kier molecular flexibility index (Phi) is 3.06. The molecule has 0 unspecified atom stereocenters. The molecule has 2 aliphatic heterocycles. The van der Waals surface area contributed by atoms with E-state index in [1.54, 1.807) is 6.07 Å². The van der Waals surface area contributed by atoms with Gasteiger partial charge in [0.05, 0.1) is 12.1 Å². The lowest BCUT2D eigenvalue weighted by atomic mass is 9.77. The Hall–Kier alpha value is -2.75. The molecule has 0 saturated carbocycles. The summed E-state index contributed by atoms with van der Waals surface area (Å²) >= 11 is 0. The topological polar surface area (TPSA) is 48.6 Å². The number of hydrogen-bond donors (Lipinski definition) is 0. The van der Waals surface area contributed by atoms with Crippen LogP contribution < -0.4 is 0 Å². The van der Waals surface area contributed by atoms with Crippen molar-refractivity contribution >= 4 is 5.84 Å². The molecule has 0 radical (unpaired) electrons. The van der Waals surface area contributed by atoms with Crippen molar-refractivity contribution in [3.63, 3.8) is 0 Å². The molecule has 0 saturated heterocycles. The third-order valence-corrected chi connectivity index (χ3v) is 4.47. The summed E-state index contributed by atoms with van der Waals surface area (Å²) in [6.45, 7) is -3.16. The standard InChI is InChI=1S/C18H14F3N3O/c19-14-5-1-4-13-12(14)3-2-6-18(13)10-24-9-11(8-22)7-15(16(24)23-18)25-17(20)21/h1,4-5,7,9,17H,2-3,6,10H2/t18-/m1/s1/i6D2. The lowest BCUT2D eigenvalue weighted by Crippen LogP contribution is -2.36. The summed E-state index contributed by atoms with van der Waals surface area (Å²) in [6, 6.07) is 6.28. The number of hydrogen-bond acceptors (Lipinski definition) is 4. The van der Waals surface area contributed by atoms with Crippen LogP contribution in [0.15, 0.2) is 46.8 Å². The minimum atomic E-state index is -3.12. The molecule has 0 bridgehead atoms. The SMILES string of the molecule is [2H]C1([2H])CCc2c(F)cccc2[C@]12CN1C=C(C#N)C=C(OC(F)F)C1=N2. The van der Waals surface area contributed by atoms with Gasteiger partial charge in [0, 0.05) is 15.0 Å². The van der Waals surface area contributed by atoms with Crippen molar-refractivity contribution in [2.24, 2.45) is 4.99 Å². The summed E-state index contributed by atoms with van der Waals surface area (Å²) in [5, 5.41) is 9.17. The number of aliphatic imine (C=N–C) groups is 1. The van der Waals surface area contributed by atoms with Gasteiger partial charge in [-0.2, -0.15) is 14.0 Å². The van der Waals surface area contributed by atoms with E-state index in [4.69, 9.17) is 8.00 Å². The highest BCUT2D eigenvalue weighted by Gasteiger charge is 2.46. The van der Waals surface area contributed by atoms with E-state index in [1.165, 1.54) is 23.2 Å². The fourth-order valence-corrected chi connectivity index (χ4v) is 3.49. The second-order valence-corrected chi connectivity index (χ2v) is 5.95. The highest BCUT2D eigenvalue weighted by atomic mass is 19.3. The summed E-state index contributed by atoms with van der Waals surface area (Å²) in [4.78, 5) is 5.88. The van der Waals surface area contributed by atoms with Crippen molar-refractivity contribution in [3.05, 3.63) is 58.8 Å². The van der Waals surface area contributed by atoms with Crippen LogP contribution in [0.25, 0.3) is 0 Å². The summed E-state index contributed by atoms with van der Waals surface area (Å²) < 4.78 is 61.6. The minimum absolute atomic E-state index is 0.00952. The zero-order chi connectivity index (χ0) is 19.4.